The maximum absolute atomic E-state index is 5.48. The first-order valence-electron chi connectivity index (χ1n) is 5.04. The second-order valence-electron chi connectivity index (χ2n) is 3.31. The summed E-state index contributed by atoms with van der Waals surface area (Å²) in [5.41, 5.74) is 0. The van der Waals surface area contributed by atoms with Crippen molar-refractivity contribution < 1.29 is 4.74 Å². The Morgan fingerprint density at radius 3 is 2.60 bits per heavy atom. The Labute approximate surface area is 94.4 Å². The van der Waals surface area contributed by atoms with E-state index in [9.17, 15) is 0 Å². The van der Waals surface area contributed by atoms with Crippen molar-refractivity contribution in [2.75, 3.05) is 12.9 Å². The molecule has 1 nitrogen and oxygen atoms in total. The van der Waals surface area contributed by atoms with Gasteiger partial charge in [0.05, 0.1) is 6.61 Å². The molecule has 0 saturated heterocycles. The molecular formula is C13H14OS. The predicted octanol–water partition coefficient (Wildman–Crippen LogP) is 3.96. The van der Waals surface area contributed by atoms with Gasteiger partial charge in [-0.05, 0) is 48.2 Å². The minimum atomic E-state index is 0.716. The molecule has 0 spiro atoms. The molecule has 2 rings (SSSR count). The highest BCUT2D eigenvalue weighted by molar-refractivity contribution is 7.98. The van der Waals surface area contributed by atoms with Crippen LogP contribution in [-0.2, 0) is 0 Å². The monoisotopic (exact) mass is 218 g/mol. The second kappa shape index (κ2) is 4.58. The molecule has 0 saturated carbocycles. The third kappa shape index (κ3) is 2.26. The van der Waals surface area contributed by atoms with Crippen LogP contribution in [0.3, 0.4) is 0 Å². The van der Waals surface area contributed by atoms with Gasteiger partial charge in [-0.3, -0.25) is 0 Å². The first-order chi connectivity index (χ1) is 7.33. The zero-order valence-electron chi connectivity index (χ0n) is 8.99. The maximum Gasteiger partial charge on any atom is 0.119 e. The van der Waals surface area contributed by atoms with E-state index in [0.717, 1.165) is 5.75 Å². The third-order valence-electron chi connectivity index (χ3n) is 2.33. The van der Waals surface area contributed by atoms with Crippen molar-refractivity contribution in [1.82, 2.24) is 0 Å². The number of fused-ring (bicyclic) bond motifs is 1. The van der Waals surface area contributed by atoms with E-state index in [0.29, 0.717) is 6.61 Å². The molecule has 0 amide bonds. The van der Waals surface area contributed by atoms with Crippen molar-refractivity contribution in [3.05, 3.63) is 36.4 Å². The van der Waals surface area contributed by atoms with Gasteiger partial charge in [-0.15, -0.1) is 11.8 Å². The molecule has 0 N–H and O–H groups in total. The molecular weight excluding hydrogens is 204 g/mol. The van der Waals surface area contributed by atoms with Crippen LogP contribution in [0.15, 0.2) is 41.3 Å². The smallest absolute Gasteiger partial charge is 0.119 e. The van der Waals surface area contributed by atoms with Crippen LogP contribution >= 0.6 is 11.8 Å². The third-order valence-corrected chi connectivity index (χ3v) is 3.06. The van der Waals surface area contributed by atoms with Gasteiger partial charge in [0.25, 0.3) is 0 Å². The van der Waals surface area contributed by atoms with E-state index in [-0.39, 0.29) is 0 Å². The minimum Gasteiger partial charge on any atom is -0.494 e. The van der Waals surface area contributed by atoms with Crippen molar-refractivity contribution in [2.24, 2.45) is 0 Å². The van der Waals surface area contributed by atoms with Gasteiger partial charge in [-0.25, -0.2) is 0 Å². The van der Waals surface area contributed by atoms with Gasteiger partial charge in [0.2, 0.25) is 0 Å². The first-order valence-corrected chi connectivity index (χ1v) is 6.26. The number of ether oxygens (including phenoxy) is 1. The van der Waals surface area contributed by atoms with Gasteiger partial charge < -0.3 is 4.74 Å². The molecule has 78 valence electrons. The van der Waals surface area contributed by atoms with Gasteiger partial charge in [0.15, 0.2) is 0 Å². The largest absolute Gasteiger partial charge is 0.494 e. The number of hydrogen-bond donors (Lipinski definition) is 0. The lowest BCUT2D eigenvalue weighted by Gasteiger charge is -2.05. The Balaban J connectivity index is 2.48. The number of rotatable bonds is 3. The molecule has 0 radical (unpaired) electrons. The van der Waals surface area contributed by atoms with E-state index in [4.69, 9.17) is 4.74 Å². The van der Waals surface area contributed by atoms with Crippen molar-refractivity contribution in [1.29, 1.82) is 0 Å². The lowest BCUT2D eigenvalue weighted by atomic mass is 10.1. The average Bonchev–Trinajstić information content (AvgIpc) is 2.28. The highest BCUT2D eigenvalue weighted by Crippen LogP contribution is 2.25. The SMILES string of the molecule is CCOc1ccc2ccc(SC)cc2c1. The maximum atomic E-state index is 5.48. The summed E-state index contributed by atoms with van der Waals surface area (Å²) in [7, 11) is 0. The molecule has 0 unspecified atom stereocenters. The molecule has 0 aliphatic rings. The van der Waals surface area contributed by atoms with Crippen LogP contribution in [0.25, 0.3) is 10.8 Å². The zero-order valence-corrected chi connectivity index (χ0v) is 9.80. The van der Waals surface area contributed by atoms with E-state index in [2.05, 4.69) is 36.6 Å². The normalized spacial score (nSPS) is 10.5. The van der Waals surface area contributed by atoms with Gasteiger partial charge in [0, 0.05) is 4.90 Å². The van der Waals surface area contributed by atoms with E-state index < -0.39 is 0 Å². The van der Waals surface area contributed by atoms with Crippen LogP contribution in [0.4, 0.5) is 0 Å². The van der Waals surface area contributed by atoms with Crippen LogP contribution in [0.5, 0.6) is 5.75 Å². The van der Waals surface area contributed by atoms with Crippen LogP contribution in [-0.4, -0.2) is 12.9 Å². The molecule has 0 fully saturated rings. The van der Waals surface area contributed by atoms with Crippen molar-refractivity contribution in [2.45, 2.75) is 11.8 Å². The lowest BCUT2D eigenvalue weighted by Crippen LogP contribution is -1.90. The summed E-state index contributed by atoms with van der Waals surface area (Å²) in [5, 5.41) is 2.50. The van der Waals surface area contributed by atoms with E-state index in [1.54, 1.807) is 11.8 Å². The topological polar surface area (TPSA) is 9.23 Å². The minimum absolute atomic E-state index is 0.716. The van der Waals surface area contributed by atoms with E-state index in [1.807, 2.05) is 13.0 Å². The summed E-state index contributed by atoms with van der Waals surface area (Å²) in [4.78, 5) is 1.29. The molecule has 0 atom stereocenters. The Hall–Kier alpha value is -1.15. The van der Waals surface area contributed by atoms with Crippen LogP contribution in [0.1, 0.15) is 6.92 Å². The Kier molecular flexibility index (Phi) is 3.17. The fourth-order valence-electron chi connectivity index (χ4n) is 1.59. The second-order valence-corrected chi connectivity index (χ2v) is 4.19. The summed E-state index contributed by atoms with van der Waals surface area (Å²) in [5.74, 6) is 0.947. The highest BCUT2D eigenvalue weighted by atomic mass is 32.2. The first kappa shape index (κ1) is 10.4. The quantitative estimate of drug-likeness (QED) is 0.721. The van der Waals surface area contributed by atoms with Crippen molar-refractivity contribution >= 4 is 22.5 Å². The zero-order chi connectivity index (χ0) is 10.7. The van der Waals surface area contributed by atoms with Crippen molar-refractivity contribution in [3.8, 4) is 5.75 Å². The number of benzene rings is 2. The predicted molar refractivity (Wildman–Crippen MR) is 66.9 cm³/mol. The van der Waals surface area contributed by atoms with Gasteiger partial charge in [-0.1, -0.05) is 12.1 Å². The molecule has 0 aromatic heterocycles. The standard InChI is InChI=1S/C13H14OS/c1-3-14-12-6-4-10-5-7-13(15-2)9-11(10)8-12/h4-9H,3H2,1-2H3. The highest BCUT2D eigenvalue weighted by Gasteiger charge is 1.98. The molecule has 2 heteroatoms. The molecule has 2 aromatic rings. The van der Waals surface area contributed by atoms with Gasteiger partial charge >= 0.3 is 0 Å². The fourth-order valence-corrected chi connectivity index (χ4v) is 2.04. The van der Waals surface area contributed by atoms with E-state index >= 15 is 0 Å². The summed E-state index contributed by atoms with van der Waals surface area (Å²) < 4.78 is 5.48. The summed E-state index contributed by atoms with van der Waals surface area (Å²) in [6.07, 6.45) is 2.09. The number of thioether (sulfide) groups is 1. The molecule has 0 bridgehead atoms. The molecule has 15 heavy (non-hydrogen) atoms. The summed E-state index contributed by atoms with van der Waals surface area (Å²) in [6.45, 7) is 2.72. The van der Waals surface area contributed by atoms with Crippen molar-refractivity contribution in [3.63, 3.8) is 0 Å². The summed E-state index contributed by atoms with van der Waals surface area (Å²) >= 11 is 1.76. The fraction of sp³-hybridized carbons (Fsp3) is 0.231. The van der Waals surface area contributed by atoms with Crippen LogP contribution in [0, 0.1) is 0 Å². The van der Waals surface area contributed by atoms with Crippen LogP contribution in [0.2, 0.25) is 0 Å². The summed E-state index contributed by atoms with van der Waals surface area (Å²) in [6, 6.07) is 12.7. The number of hydrogen-bond acceptors (Lipinski definition) is 2. The molecule has 0 aliphatic heterocycles. The Morgan fingerprint density at radius 1 is 1.07 bits per heavy atom. The van der Waals surface area contributed by atoms with Gasteiger partial charge in [-0.2, -0.15) is 0 Å². The average molecular weight is 218 g/mol. The molecule has 0 aliphatic carbocycles. The van der Waals surface area contributed by atoms with Crippen LogP contribution < -0.4 is 4.74 Å². The molecule has 2 aromatic carbocycles. The Bertz CT molecular complexity index is 465. The lowest BCUT2D eigenvalue weighted by molar-refractivity contribution is 0.341. The Morgan fingerprint density at radius 2 is 1.87 bits per heavy atom. The molecule has 0 heterocycles. The van der Waals surface area contributed by atoms with Gasteiger partial charge in [0.1, 0.15) is 5.75 Å². The van der Waals surface area contributed by atoms with E-state index in [1.165, 1.54) is 15.7 Å².